The predicted octanol–water partition coefficient (Wildman–Crippen LogP) is 3.23. The molecule has 4 rings (SSSR count). The van der Waals surface area contributed by atoms with E-state index >= 15 is 0 Å². The fourth-order valence-electron chi connectivity index (χ4n) is 3.16. The second kappa shape index (κ2) is 9.10. The quantitative estimate of drug-likeness (QED) is 0.466. The molecular weight excluding hydrogens is 433 g/mol. The molecule has 3 amide bonds. The lowest BCUT2D eigenvalue weighted by atomic mass is 10.2. The highest BCUT2D eigenvalue weighted by Gasteiger charge is 2.22. The van der Waals surface area contributed by atoms with E-state index in [9.17, 15) is 14.0 Å². The predicted molar refractivity (Wildman–Crippen MR) is 118 cm³/mol. The van der Waals surface area contributed by atoms with Crippen LogP contribution < -0.4 is 10.6 Å². The van der Waals surface area contributed by atoms with E-state index in [1.54, 1.807) is 54.5 Å². The van der Waals surface area contributed by atoms with Crippen LogP contribution in [0.2, 0.25) is 0 Å². The molecule has 9 nitrogen and oxygen atoms in total. The zero-order valence-corrected chi connectivity index (χ0v) is 18.2. The van der Waals surface area contributed by atoms with E-state index in [1.165, 1.54) is 28.4 Å². The van der Waals surface area contributed by atoms with Gasteiger partial charge in [0.05, 0.1) is 17.9 Å². The summed E-state index contributed by atoms with van der Waals surface area (Å²) in [5.74, 6) is -0.574. The number of halogens is 1. The molecule has 3 heterocycles. The number of rotatable bonds is 6. The van der Waals surface area contributed by atoms with Crippen molar-refractivity contribution in [3.63, 3.8) is 0 Å². The Morgan fingerprint density at radius 3 is 2.94 bits per heavy atom. The Balaban J connectivity index is 1.35. The third-order valence-electron chi connectivity index (χ3n) is 4.64. The number of carbonyl (C=O) groups excluding carboxylic acids is 2. The number of hydrogen-bond acceptors (Lipinski definition) is 6. The van der Waals surface area contributed by atoms with E-state index in [-0.39, 0.29) is 24.8 Å². The molecule has 0 atom stereocenters. The fraction of sp³-hybridized carbons (Fsp3) is 0.190. The molecule has 0 fully saturated rings. The second-order valence-corrected chi connectivity index (χ2v) is 7.95. The summed E-state index contributed by atoms with van der Waals surface area (Å²) in [6.45, 7) is 2.21. The molecule has 3 aromatic heterocycles. The highest BCUT2D eigenvalue weighted by molar-refractivity contribution is 7.13. The molecule has 0 bridgehead atoms. The molecule has 1 aromatic carbocycles. The summed E-state index contributed by atoms with van der Waals surface area (Å²) in [6, 6.07) is 7.30. The normalized spacial score (nSPS) is 10.8. The summed E-state index contributed by atoms with van der Waals surface area (Å²) < 4.78 is 14.8. The Labute approximate surface area is 186 Å². The molecule has 164 valence electrons. The van der Waals surface area contributed by atoms with Gasteiger partial charge in [-0.05, 0) is 30.7 Å². The van der Waals surface area contributed by atoms with Crippen molar-refractivity contribution in [3.8, 4) is 0 Å². The third kappa shape index (κ3) is 4.72. The molecule has 0 radical (unpaired) electrons. The van der Waals surface area contributed by atoms with Gasteiger partial charge in [0.25, 0.3) is 5.91 Å². The van der Waals surface area contributed by atoms with Crippen LogP contribution >= 0.6 is 11.3 Å². The largest absolute Gasteiger partial charge is 0.336 e. The standard InChI is InChI=1S/C21H20FN7O2S/c1-13-17(18-23-7-4-8-29(18)27-13)19(30)28(2)11-16-12-32-21(25-16)26-20(31)24-10-14-5-3-6-15(22)9-14/h3-9,12H,10-11H2,1-2H3,(H2,24,25,26,31). The monoisotopic (exact) mass is 453 g/mol. The first-order valence-corrected chi connectivity index (χ1v) is 10.6. The van der Waals surface area contributed by atoms with Gasteiger partial charge >= 0.3 is 6.03 Å². The first-order valence-electron chi connectivity index (χ1n) is 9.70. The number of urea groups is 1. The lowest BCUT2D eigenvalue weighted by Crippen LogP contribution is -2.28. The fourth-order valence-corrected chi connectivity index (χ4v) is 3.86. The molecular formula is C21H20FN7O2S. The minimum atomic E-state index is -0.451. The number of thiazole rings is 1. The number of carbonyl (C=O) groups is 2. The van der Waals surface area contributed by atoms with Crippen LogP contribution in [0.4, 0.5) is 14.3 Å². The van der Waals surface area contributed by atoms with Crippen molar-refractivity contribution >= 4 is 34.1 Å². The topological polar surface area (TPSA) is 105 Å². The van der Waals surface area contributed by atoms with Gasteiger partial charge < -0.3 is 10.2 Å². The number of nitrogens with zero attached hydrogens (tertiary/aromatic N) is 5. The molecule has 0 aliphatic heterocycles. The molecule has 0 unspecified atom stereocenters. The van der Waals surface area contributed by atoms with Crippen LogP contribution in [-0.2, 0) is 13.1 Å². The van der Waals surface area contributed by atoms with Crippen LogP contribution in [0.25, 0.3) is 5.65 Å². The summed E-state index contributed by atoms with van der Waals surface area (Å²) in [7, 11) is 1.67. The minimum Gasteiger partial charge on any atom is -0.336 e. The minimum absolute atomic E-state index is 0.187. The van der Waals surface area contributed by atoms with Crippen LogP contribution in [-0.4, -0.2) is 43.5 Å². The number of amides is 3. The summed E-state index contributed by atoms with van der Waals surface area (Å²) in [6.07, 6.45) is 3.36. The number of nitrogens with one attached hydrogen (secondary N) is 2. The first-order chi connectivity index (χ1) is 15.4. The van der Waals surface area contributed by atoms with E-state index in [1.807, 2.05) is 0 Å². The number of aromatic nitrogens is 4. The van der Waals surface area contributed by atoms with Crippen LogP contribution in [0.1, 0.15) is 27.3 Å². The molecule has 32 heavy (non-hydrogen) atoms. The lowest BCUT2D eigenvalue weighted by Gasteiger charge is -2.15. The smallest absolute Gasteiger partial charge is 0.321 e. The Bertz CT molecular complexity index is 1290. The SMILES string of the molecule is Cc1nn2cccnc2c1C(=O)N(C)Cc1csc(NC(=O)NCc2cccc(F)c2)n1. The van der Waals surface area contributed by atoms with E-state index in [2.05, 4.69) is 25.7 Å². The Morgan fingerprint density at radius 2 is 2.12 bits per heavy atom. The van der Waals surface area contributed by atoms with E-state index in [0.29, 0.717) is 33.3 Å². The molecule has 11 heteroatoms. The van der Waals surface area contributed by atoms with Gasteiger partial charge in [-0.15, -0.1) is 11.3 Å². The summed E-state index contributed by atoms with van der Waals surface area (Å²) in [5.41, 5.74) is 2.82. The van der Waals surface area contributed by atoms with Gasteiger partial charge in [-0.1, -0.05) is 12.1 Å². The average Bonchev–Trinajstić information content (AvgIpc) is 3.34. The molecule has 0 saturated heterocycles. The molecule has 0 aliphatic rings. The van der Waals surface area contributed by atoms with Crippen molar-refractivity contribution in [2.45, 2.75) is 20.0 Å². The van der Waals surface area contributed by atoms with E-state index in [4.69, 9.17) is 0 Å². The van der Waals surface area contributed by atoms with Crippen LogP contribution in [0.3, 0.4) is 0 Å². The molecule has 0 aliphatic carbocycles. The summed E-state index contributed by atoms with van der Waals surface area (Å²) in [5, 5.41) is 11.8. The van der Waals surface area contributed by atoms with Crippen molar-refractivity contribution in [3.05, 3.63) is 76.4 Å². The number of benzene rings is 1. The van der Waals surface area contributed by atoms with Crippen LogP contribution in [0.15, 0.2) is 48.1 Å². The maximum atomic E-state index is 13.2. The zero-order valence-electron chi connectivity index (χ0n) is 17.4. The Hall–Kier alpha value is -3.86. The molecule has 4 aromatic rings. The maximum absolute atomic E-state index is 13.2. The van der Waals surface area contributed by atoms with Crippen molar-refractivity contribution in [1.82, 2.24) is 29.8 Å². The van der Waals surface area contributed by atoms with Crippen molar-refractivity contribution in [2.24, 2.45) is 0 Å². The third-order valence-corrected chi connectivity index (χ3v) is 5.45. The Kier molecular flexibility index (Phi) is 6.08. The highest BCUT2D eigenvalue weighted by Crippen LogP contribution is 2.19. The van der Waals surface area contributed by atoms with Gasteiger partial charge in [-0.3, -0.25) is 10.1 Å². The first kappa shape index (κ1) is 21.4. The lowest BCUT2D eigenvalue weighted by molar-refractivity contribution is 0.0784. The number of hydrogen-bond donors (Lipinski definition) is 2. The van der Waals surface area contributed by atoms with Gasteiger partial charge in [0.2, 0.25) is 0 Å². The van der Waals surface area contributed by atoms with Crippen molar-refractivity contribution in [1.29, 1.82) is 0 Å². The van der Waals surface area contributed by atoms with Crippen LogP contribution in [0.5, 0.6) is 0 Å². The molecule has 0 spiro atoms. The van der Waals surface area contributed by atoms with Crippen molar-refractivity contribution < 1.29 is 14.0 Å². The zero-order chi connectivity index (χ0) is 22.7. The van der Waals surface area contributed by atoms with Crippen molar-refractivity contribution in [2.75, 3.05) is 12.4 Å². The highest BCUT2D eigenvalue weighted by atomic mass is 32.1. The number of aryl methyl sites for hydroxylation is 1. The van der Waals surface area contributed by atoms with E-state index in [0.717, 1.165) is 0 Å². The maximum Gasteiger partial charge on any atom is 0.321 e. The average molecular weight is 454 g/mol. The van der Waals surface area contributed by atoms with Gasteiger partial charge in [0.15, 0.2) is 10.8 Å². The van der Waals surface area contributed by atoms with Gasteiger partial charge in [-0.2, -0.15) is 5.10 Å². The Morgan fingerprint density at radius 1 is 1.28 bits per heavy atom. The molecule has 2 N–H and O–H groups in total. The van der Waals surface area contributed by atoms with Gasteiger partial charge in [-0.25, -0.2) is 23.7 Å². The summed E-state index contributed by atoms with van der Waals surface area (Å²) >= 11 is 1.25. The second-order valence-electron chi connectivity index (χ2n) is 7.09. The number of fused-ring (bicyclic) bond motifs is 1. The molecule has 0 saturated carbocycles. The van der Waals surface area contributed by atoms with Gasteiger partial charge in [0, 0.05) is 31.4 Å². The van der Waals surface area contributed by atoms with Gasteiger partial charge in [0.1, 0.15) is 11.4 Å². The van der Waals surface area contributed by atoms with Crippen LogP contribution in [0, 0.1) is 12.7 Å². The van der Waals surface area contributed by atoms with E-state index < -0.39 is 6.03 Å². The summed E-state index contributed by atoms with van der Waals surface area (Å²) in [4.78, 5) is 35.2. The number of anilines is 1.